The number of hydrogen-bond donors (Lipinski definition) is 0. The highest BCUT2D eigenvalue weighted by molar-refractivity contribution is 5.95. The highest BCUT2D eigenvalue weighted by atomic mass is 16.7. The summed E-state index contributed by atoms with van der Waals surface area (Å²) in [5.74, 6) is 0.863. The van der Waals surface area contributed by atoms with Crippen LogP contribution in [-0.4, -0.2) is 43.3 Å². The summed E-state index contributed by atoms with van der Waals surface area (Å²) < 4.78 is 16.2. The Morgan fingerprint density at radius 2 is 1.94 bits per heavy atom. The molecule has 162 valence electrons. The van der Waals surface area contributed by atoms with Gasteiger partial charge < -0.3 is 19.1 Å². The molecule has 0 unspecified atom stereocenters. The fraction of sp³-hybridized carbons (Fsp3) is 0.360. The van der Waals surface area contributed by atoms with Crippen LogP contribution in [-0.2, 0) is 9.53 Å². The Labute approximate surface area is 182 Å². The first-order valence-corrected chi connectivity index (χ1v) is 10.7. The van der Waals surface area contributed by atoms with Crippen molar-refractivity contribution >= 4 is 18.0 Å². The Morgan fingerprint density at radius 1 is 1.13 bits per heavy atom. The van der Waals surface area contributed by atoms with Crippen molar-refractivity contribution in [2.75, 3.05) is 26.5 Å². The quantitative estimate of drug-likeness (QED) is 0.651. The van der Waals surface area contributed by atoms with Gasteiger partial charge in [-0.05, 0) is 49.9 Å². The Bertz CT molecular complexity index is 971. The molecule has 0 spiro atoms. The van der Waals surface area contributed by atoms with Crippen LogP contribution in [0.3, 0.4) is 0 Å². The summed E-state index contributed by atoms with van der Waals surface area (Å²) in [6.45, 7) is 3.23. The minimum atomic E-state index is -0.745. The SMILES string of the molecule is CCOC(=O)[C@@]1(C/C=C/c2ccccc2)CCCN(C(=O)c2ccc3c(c2)OCO3)C1. The largest absolute Gasteiger partial charge is 0.466 e. The molecule has 0 aromatic heterocycles. The molecule has 31 heavy (non-hydrogen) atoms. The van der Waals surface area contributed by atoms with Crippen LogP contribution in [0.25, 0.3) is 6.08 Å². The molecule has 4 rings (SSSR count). The third-order valence-electron chi connectivity index (χ3n) is 5.81. The maximum atomic E-state index is 13.2. The van der Waals surface area contributed by atoms with Gasteiger partial charge in [-0.15, -0.1) is 0 Å². The first-order valence-electron chi connectivity index (χ1n) is 10.7. The molecule has 6 nitrogen and oxygen atoms in total. The average Bonchev–Trinajstić information content (AvgIpc) is 3.27. The van der Waals surface area contributed by atoms with Gasteiger partial charge in [-0.2, -0.15) is 0 Å². The maximum Gasteiger partial charge on any atom is 0.314 e. The van der Waals surface area contributed by atoms with E-state index in [4.69, 9.17) is 14.2 Å². The zero-order valence-electron chi connectivity index (χ0n) is 17.7. The summed E-state index contributed by atoms with van der Waals surface area (Å²) in [4.78, 5) is 28.0. The van der Waals surface area contributed by atoms with Crippen molar-refractivity contribution in [2.24, 2.45) is 5.41 Å². The van der Waals surface area contributed by atoms with Crippen molar-refractivity contribution in [2.45, 2.75) is 26.2 Å². The fourth-order valence-electron chi connectivity index (χ4n) is 4.20. The zero-order valence-corrected chi connectivity index (χ0v) is 17.7. The van der Waals surface area contributed by atoms with Gasteiger partial charge >= 0.3 is 5.97 Å². The third-order valence-corrected chi connectivity index (χ3v) is 5.81. The summed E-state index contributed by atoms with van der Waals surface area (Å²) in [6, 6.07) is 15.2. The number of piperidine rings is 1. The van der Waals surface area contributed by atoms with Gasteiger partial charge in [-0.25, -0.2) is 0 Å². The number of hydrogen-bond acceptors (Lipinski definition) is 5. The summed E-state index contributed by atoms with van der Waals surface area (Å²) >= 11 is 0. The van der Waals surface area contributed by atoms with Gasteiger partial charge in [0.15, 0.2) is 11.5 Å². The van der Waals surface area contributed by atoms with E-state index in [2.05, 4.69) is 0 Å². The molecular weight excluding hydrogens is 394 g/mol. The van der Waals surface area contributed by atoms with Gasteiger partial charge in [-0.3, -0.25) is 9.59 Å². The first kappa shape index (κ1) is 21.0. The standard InChI is InChI=1S/C25H27NO5/c1-2-29-24(28)25(13-6-10-19-8-4-3-5-9-19)14-7-15-26(17-25)23(27)20-11-12-21-22(16-20)31-18-30-21/h3-6,8-12,16H,2,7,13-15,17-18H2,1H3/b10-6+/t25-/m0/s1. The molecule has 1 saturated heterocycles. The molecule has 2 aromatic carbocycles. The second-order valence-corrected chi connectivity index (χ2v) is 7.92. The summed E-state index contributed by atoms with van der Waals surface area (Å²) in [5, 5.41) is 0. The van der Waals surface area contributed by atoms with Crippen molar-refractivity contribution in [3.05, 3.63) is 65.7 Å². The predicted molar refractivity (Wildman–Crippen MR) is 117 cm³/mol. The number of nitrogens with zero attached hydrogens (tertiary/aromatic N) is 1. The van der Waals surface area contributed by atoms with Crippen LogP contribution in [0.15, 0.2) is 54.6 Å². The molecule has 1 fully saturated rings. The molecule has 1 atom stereocenters. The van der Waals surface area contributed by atoms with E-state index in [0.717, 1.165) is 12.0 Å². The topological polar surface area (TPSA) is 65.1 Å². The van der Waals surface area contributed by atoms with Gasteiger partial charge in [0.05, 0.1) is 12.0 Å². The molecule has 2 aromatic rings. The van der Waals surface area contributed by atoms with E-state index in [0.29, 0.717) is 49.6 Å². The second kappa shape index (κ2) is 9.25. The van der Waals surface area contributed by atoms with Gasteiger partial charge in [0.2, 0.25) is 6.79 Å². The highest BCUT2D eigenvalue weighted by Crippen LogP contribution is 2.37. The monoisotopic (exact) mass is 421 g/mol. The van der Waals surface area contributed by atoms with Crippen LogP contribution < -0.4 is 9.47 Å². The number of rotatable bonds is 6. The normalized spacial score (nSPS) is 20.1. The molecule has 2 aliphatic rings. The first-order chi connectivity index (χ1) is 15.1. The van der Waals surface area contributed by atoms with Crippen molar-refractivity contribution in [1.82, 2.24) is 4.90 Å². The average molecular weight is 421 g/mol. The van der Waals surface area contributed by atoms with Crippen molar-refractivity contribution < 1.29 is 23.8 Å². The summed E-state index contributed by atoms with van der Waals surface area (Å²) in [5.41, 5.74) is 0.861. The van der Waals surface area contributed by atoms with Gasteiger partial charge in [0.1, 0.15) is 0 Å². The maximum absolute atomic E-state index is 13.2. The van der Waals surface area contributed by atoms with E-state index in [1.807, 2.05) is 49.4 Å². The summed E-state index contributed by atoms with van der Waals surface area (Å²) in [6.07, 6.45) is 5.98. The van der Waals surface area contributed by atoms with Crippen molar-refractivity contribution in [1.29, 1.82) is 0 Å². The number of amides is 1. The summed E-state index contributed by atoms with van der Waals surface area (Å²) in [7, 11) is 0. The van der Waals surface area contributed by atoms with Crippen molar-refractivity contribution in [3.8, 4) is 11.5 Å². The molecule has 0 aliphatic carbocycles. The molecular formula is C25H27NO5. The number of esters is 1. The molecule has 2 heterocycles. The fourth-order valence-corrected chi connectivity index (χ4v) is 4.20. The number of ether oxygens (including phenoxy) is 3. The Kier molecular flexibility index (Phi) is 6.26. The third kappa shape index (κ3) is 4.58. The molecule has 0 radical (unpaired) electrons. The van der Waals surface area contributed by atoms with E-state index in [1.54, 1.807) is 23.1 Å². The molecule has 2 aliphatic heterocycles. The lowest BCUT2D eigenvalue weighted by Gasteiger charge is -2.40. The molecule has 0 saturated carbocycles. The van der Waals surface area contributed by atoms with Gasteiger partial charge in [0, 0.05) is 18.7 Å². The van der Waals surface area contributed by atoms with Crippen LogP contribution in [0.5, 0.6) is 11.5 Å². The van der Waals surface area contributed by atoms with Crippen LogP contribution in [0.1, 0.15) is 42.1 Å². The van der Waals surface area contributed by atoms with E-state index >= 15 is 0 Å². The number of carbonyl (C=O) groups excluding carboxylic acids is 2. The van der Waals surface area contributed by atoms with Crippen LogP contribution in [0.2, 0.25) is 0 Å². The van der Waals surface area contributed by atoms with E-state index < -0.39 is 5.41 Å². The number of benzene rings is 2. The lowest BCUT2D eigenvalue weighted by Crippen LogP contribution is -2.50. The lowest BCUT2D eigenvalue weighted by atomic mass is 9.76. The number of allylic oxidation sites excluding steroid dienone is 1. The number of carbonyl (C=O) groups is 2. The van der Waals surface area contributed by atoms with E-state index in [9.17, 15) is 9.59 Å². The van der Waals surface area contributed by atoms with E-state index in [1.165, 1.54) is 0 Å². The molecule has 6 heteroatoms. The Hall–Kier alpha value is -3.28. The van der Waals surface area contributed by atoms with E-state index in [-0.39, 0.29) is 18.7 Å². The molecule has 0 bridgehead atoms. The van der Waals surface area contributed by atoms with Crippen LogP contribution in [0.4, 0.5) is 0 Å². The lowest BCUT2D eigenvalue weighted by molar-refractivity contribution is -0.158. The van der Waals surface area contributed by atoms with Crippen LogP contribution >= 0.6 is 0 Å². The molecule has 1 amide bonds. The van der Waals surface area contributed by atoms with Gasteiger partial charge in [0.25, 0.3) is 5.91 Å². The Morgan fingerprint density at radius 3 is 2.74 bits per heavy atom. The highest BCUT2D eigenvalue weighted by Gasteiger charge is 2.44. The van der Waals surface area contributed by atoms with Gasteiger partial charge in [-0.1, -0.05) is 42.5 Å². The minimum absolute atomic E-state index is 0.112. The smallest absolute Gasteiger partial charge is 0.314 e. The predicted octanol–water partition coefficient (Wildman–Crippen LogP) is 4.30. The minimum Gasteiger partial charge on any atom is -0.466 e. The van der Waals surface area contributed by atoms with Crippen LogP contribution in [0, 0.1) is 5.41 Å². The number of fused-ring (bicyclic) bond motifs is 1. The number of likely N-dealkylation sites (tertiary alicyclic amines) is 1. The second-order valence-electron chi connectivity index (χ2n) is 7.92. The van der Waals surface area contributed by atoms with Crippen molar-refractivity contribution in [3.63, 3.8) is 0 Å². The zero-order chi connectivity index (χ0) is 21.7. The molecule has 0 N–H and O–H groups in total. The Balaban J connectivity index is 1.53.